The average molecular weight is 398 g/mol. The number of hydrogen-bond acceptors (Lipinski definition) is 5. The van der Waals surface area contributed by atoms with Gasteiger partial charge in [-0.25, -0.2) is 4.79 Å². The molecule has 7 heteroatoms. The van der Waals surface area contributed by atoms with Gasteiger partial charge in [0.1, 0.15) is 17.8 Å². The molecule has 0 aliphatic carbocycles. The minimum Gasteiger partial charge on any atom is -0.496 e. The average Bonchev–Trinajstić information content (AvgIpc) is 2.73. The van der Waals surface area contributed by atoms with E-state index in [9.17, 15) is 14.4 Å². The van der Waals surface area contributed by atoms with Gasteiger partial charge in [-0.1, -0.05) is 48.5 Å². The van der Waals surface area contributed by atoms with Crippen molar-refractivity contribution in [3.05, 3.63) is 65.7 Å². The number of benzene rings is 2. The summed E-state index contributed by atoms with van der Waals surface area (Å²) in [6.07, 6.45) is 0.495. The van der Waals surface area contributed by atoms with E-state index < -0.39 is 24.0 Å². The van der Waals surface area contributed by atoms with Crippen LogP contribution >= 0.6 is 0 Å². The van der Waals surface area contributed by atoms with Crippen molar-refractivity contribution in [2.75, 3.05) is 14.2 Å². The maximum atomic E-state index is 12.9. The molecule has 0 aromatic heterocycles. The molecule has 0 aliphatic rings. The number of methoxy groups -OCH3 is 2. The number of carbonyl (C=O) groups is 3. The zero-order valence-electron chi connectivity index (χ0n) is 16.8. The standard InChI is InChI=1S/C22H26N2O5/c1-15(25)23-18(13-16-9-5-4-6-10-16)21(26)24-19(22(27)29-3)14-17-11-7-8-12-20(17)28-2/h4-12,18-19H,13-14H2,1-3H3,(H,23,25)(H,24,26)/t18-,19+/m0/s1. The van der Waals surface area contributed by atoms with Gasteiger partial charge in [0.25, 0.3) is 0 Å². The molecule has 154 valence electrons. The highest BCUT2D eigenvalue weighted by Crippen LogP contribution is 2.19. The van der Waals surface area contributed by atoms with E-state index in [1.54, 1.807) is 6.07 Å². The predicted molar refractivity (Wildman–Crippen MR) is 108 cm³/mol. The van der Waals surface area contributed by atoms with Crippen LogP contribution in [0.15, 0.2) is 54.6 Å². The van der Waals surface area contributed by atoms with Crippen LogP contribution in [0.25, 0.3) is 0 Å². The summed E-state index contributed by atoms with van der Waals surface area (Å²) in [5, 5.41) is 5.36. The summed E-state index contributed by atoms with van der Waals surface area (Å²) in [5.41, 5.74) is 1.64. The van der Waals surface area contributed by atoms with Crippen LogP contribution in [-0.2, 0) is 32.0 Å². The number of rotatable bonds is 9. The molecule has 29 heavy (non-hydrogen) atoms. The van der Waals surface area contributed by atoms with Crippen molar-refractivity contribution in [2.45, 2.75) is 31.8 Å². The van der Waals surface area contributed by atoms with Crippen molar-refractivity contribution in [2.24, 2.45) is 0 Å². The Morgan fingerprint density at radius 3 is 2.14 bits per heavy atom. The van der Waals surface area contributed by atoms with E-state index in [2.05, 4.69) is 10.6 Å². The summed E-state index contributed by atoms with van der Waals surface area (Å²) >= 11 is 0. The summed E-state index contributed by atoms with van der Waals surface area (Å²) in [6, 6.07) is 14.8. The SMILES string of the molecule is COC(=O)[C@@H](Cc1ccccc1OC)NC(=O)[C@H](Cc1ccccc1)NC(C)=O. The molecule has 2 aromatic carbocycles. The van der Waals surface area contributed by atoms with E-state index >= 15 is 0 Å². The van der Waals surface area contributed by atoms with E-state index in [0.717, 1.165) is 11.1 Å². The molecule has 0 bridgehead atoms. The van der Waals surface area contributed by atoms with Gasteiger partial charge >= 0.3 is 5.97 Å². The highest BCUT2D eigenvalue weighted by Gasteiger charge is 2.28. The Labute approximate surface area is 170 Å². The Morgan fingerprint density at radius 2 is 1.52 bits per heavy atom. The topological polar surface area (TPSA) is 93.7 Å². The van der Waals surface area contributed by atoms with Crippen LogP contribution in [0.3, 0.4) is 0 Å². The fourth-order valence-electron chi connectivity index (χ4n) is 3.00. The summed E-state index contributed by atoms with van der Waals surface area (Å²) in [4.78, 5) is 36.8. The molecule has 0 saturated heterocycles. The van der Waals surface area contributed by atoms with Gasteiger partial charge in [-0.3, -0.25) is 9.59 Å². The lowest BCUT2D eigenvalue weighted by atomic mass is 10.0. The van der Waals surface area contributed by atoms with E-state index in [1.165, 1.54) is 21.1 Å². The smallest absolute Gasteiger partial charge is 0.328 e. The highest BCUT2D eigenvalue weighted by molar-refractivity contribution is 5.90. The Bertz CT molecular complexity index is 838. The lowest BCUT2D eigenvalue weighted by molar-refractivity contribution is -0.145. The molecule has 2 N–H and O–H groups in total. The van der Waals surface area contributed by atoms with Gasteiger partial charge in [0, 0.05) is 19.8 Å². The minimum atomic E-state index is -0.921. The number of ether oxygens (including phenoxy) is 2. The van der Waals surface area contributed by atoms with Gasteiger partial charge in [-0.15, -0.1) is 0 Å². The fourth-order valence-corrected chi connectivity index (χ4v) is 3.00. The molecule has 2 atom stereocenters. The number of hydrogen-bond donors (Lipinski definition) is 2. The molecule has 7 nitrogen and oxygen atoms in total. The Morgan fingerprint density at radius 1 is 0.862 bits per heavy atom. The molecular formula is C22H26N2O5. The third-order valence-corrected chi connectivity index (χ3v) is 4.40. The minimum absolute atomic E-state index is 0.195. The molecule has 2 rings (SSSR count). The molecule has 2 aromatic rings. The Balaban J connectivity index is 2.19. The normalized spacial score (nSPS) is 12.4. The number of amides is 2. The van der Waals surface area contributed by atoms with Crippen LogP contribution < -0.4 is 15.4 Å². The summed E-state index contributed by atoms with van der Waals surface area (Å²) in [7, 11) is 2.80. The second-order valence-corrected chi connectivity index (χ2v) is 6.54. The maximum Gasteiger partial charge on any atom is 0.328 e. The molecule has 0 unspecified atom stereocenters. The summed E-state index contributed by atoms with van der Waals surface area (Å²) in [6.45, 7) is 1.35. The van der Waals surface area contributed by atoms with Crippen LogP contribution in [0.2, 0.25) is 0 Å². The Kier molecular flexibility index (Phi) is 8.21. The monoisotopic (exact) mass is 398 g/mol. The first-order valence-electron chi connectivity index (χ1n) is 9.25. The molecule has 0 heterocycles. The van der Waals surface area contributed by atoms with Crippen molar-refractivity contribution in [3.8, 4) is 5.75 Å². The van der Waals surface area contributed by atoms with Gasteiger partial charge in [-0.2, -0.15) is 0 Å². The molecule has 2 amide bonds. The van der Waals surface area contributed by atoms with Crippen molar-refractivity contribution in [1.29, 1.82) is 0 Å². The number of para-hydroxylation sites is 1. The van der Waals surface area contributed by atoms with Crippen LogP contribution in [-0.4, -0.2) is 44.1 Å². The predicted octanol–water partition coefficient (Wildman–Crippen LogP) is 1.64. The van der Waals surface area contributed by atoms with Gasteiger partial charge in [0.15, 0.2) is 0 Å². The van der Waals surface area contributed by atoms with E-state index in [4.69, 9.17) is 9.47 Å². The van der Waals surface area contributed by atoms with Gasteiger partial charge < -0.3 is 20.1 Å². The zero-order chi connectivity index (χ0) is 21.2. The molecule has 0 spiro atoms. The Hall–Kier alpha value is -3.35. The summed E-state index contributed by atoms with van der Waals surface area (Å²) in [5.74, 6) is -0.765. The van der Waals surface area contributed by atoms with Gasteiger partial charge in [0.2, 0.25) is 11.8 Å². The van der Waals surface area contributed by atoms with Crippen molar-refractivity contribution < 1.29 is 23.9 Å². The zero-order valence-corrected chi connectivity index (χ0v) is 16.8. The third-order valence-electron chi connectivity index (χ3n) is 4.40. The van der Waals surface area contributed by atoms with Crippen LogP contribution in [0.1, 0.15) is 18.1 Å². The van der Waals surface area contributed by atoms with E-state index in [0.29, 0.717) is 12.2 Å². The quantitative estimate of drug-likeness (QED) is 0.627. The van der Waals surface area contributed by atoms with Crippen molar-refractivity contribution >= 4 is 17.8 Å². The largest absolute Gasteiger partial charge is 0.496 e. The first kappa shape index (κ1) is 21.9. The van der Waals surface area contributed by atoms with E-state index in [-0.39, 0.29) is 12.3 Å². The molecule has 0 fully saturated rings. The number of carbonyl (C=O) groups excluding carboxylic acids is 3. The van der Waals surface area contributed by atoms with Gasteiger partial charge in [-0.05, 0) is 17.2 Å². The number of esters is 1. The third kappa shape index (κ3) is 6.64. The number of nitrogens with one attached hydrogen (secondary N) is 2. The molecular weight excluding hydrogens is 372 g/mol. The first-order chi connectivity index (χ1) is 13.9. The van der Waals surface area contributed by atoms with E-state index in [1.807, 2.05) is 48.5 Å². The molecule has 0 aliphatic heterocycles. The maximum absolute atomic E-state index is 12.9. The van der Waals surface area contributed by atoms with Gasteiger partial charge in [0.05, 0.1) is 14.2 Å². The van der Waals surface area contributed by atoms with Crippen LogP contribution in [0.4, 0.5) is 0 Å². The van der Waals surface area contributed by atoms with Crippen molar-refractivity contribution in [3.63, 3.8) is 0 Å². The second kappa shape index (κ2) is 10.8. The first-order valence-corrected chi connectivity index (χ1v) is 9.25. The molecule has 0 saturated carbocycles. The molecule has 0 radical (unpaired) electrons. The summed E-state index contributed by atoms with van der Waals surface area (Å²) < 4.78 is 10.2. The lowest BCUT2D eigenvalue weighted by Gasteiger charge is -2.22. The van der Waals surface area contributed by atoms with Crippen LogP contribution in [0, 0.1) is 0 Å². The lowest BCUT2D eigenvalue weighted by Crippen LogP contribution is -2.53. The highest BCUT2D eigenvalue weighted by atomic mass is 16.5. The van der Waals surface area contributed by atoms with Crippen molar-refractivity contribution in [1.82, 2.24) is 10.6 Å². The fraction of sp³-hybridized carbons (Fsp3) is 0.318. The van der Waals surface area contributed by atoms with Crippen LogP contribution in [0.5, 0.6) is 5.75 Å². The second-order valence-electron chi connectivity index (χ2n) is 6.54.